The molecule has 0 saturated carbocycles. The van der Waals surface area contributed by atoms with E-state index < -0.39 is 30.6 Å². The van der Waals surface area contributed by atoms with Crippen LogP contribution in [0.2, 0.25) is 0 Å². The SMILES string of the molecule is O=C([O-])C(=O)[O-].[O]=[Ti]([O-])[O-].[Rb+].[Rb+].[Rb+].[Rb+]. The van der Waals surface area contributed by atoms with Crippen molar-refractivity contribution in [3.05, 3.63) is 0 Å². The fraction of sp³-hybridized carbons (Fsp3) is 0. The summed E-state index contributed by atoms with van der Waals surface area (Å²) < 4.78 is 25.8. The van der Waals surface area contributed by atoms with Crippen LogP contribution in [0.25, 0.3) is 0 Å². The maximum Gasteiger partial charge on any atom is 1.00 e. The fourth-order valence-corrected chi connectivity index (χ4v) is 0. The van der Waals surface area contributed by atoms with E-state index in [2.05, 4.69) is 0 Å². The standard InChI is InChI=1S/C2H2O4.3O.4Rb.Ti/c3-1(4)2(5)6;;;;;;;;/h(H,3,4)(H,5,6);;;;;;;;/q;;2*-1;4*+1;/p-2. The Morgan fingerprint density at radius 3 is 0.857 bits per heavy atom. The zero-order chi connectivity index (χ0) is 8.73. The summed E-state index contributed by atoms with van der Waals surface area (Å²) in [5, 5.41) is 17.9. The number of hydrogen-bond acceptors (Lipinski definition) is 7. The predicted octanol–water partition coefficient (Wildman–Crippen LogP) is -18.0. The topological polar surface area (TPSA) is 143 Å². The molecule has 0 bridgehead atoms. The fourth-order valence-electron chi connectivity index (χ4n) is 0. The Kier molecular flexibility index (Phi) is 73.9. The van der Waals surface area contributed by atoms with Crippen molar-refractivity contribution in [2.45, 2.75) is 0 Å². The van der Waals surface area contributed by atoms with Crippen molar-refractivity contribution >= 4 is 11.9 Å². The van der Waals surface area contributed by atoms with E-state index in [1.54, 1.807) is 0 Å². The maximum atomic E-state index is 8.93. The molecule has 0 rings (SSSR count). The molecule has 0 aliphatic rings. The molecule has 0 atom stereocenters. The van der Waals surface area contributed by atoms with Gasteiger partial charge in [-0.25, -0.2) is 0 Å². The maximum absolute atomic E-state index is 8.93. The van der Waals surface area contributed by atoms with E-state index in [-0.39, 0.29) is 233 Å². The van der Waals surface area contributed by atoms with E-state index in [0.717, 1.165) is 0 Å². The first kappa shape index (κ1) is 37.1. The molecule has 0 amide bonds. The first-order valence-corrected chi connectivity index (χ1v) is 3.59. The van der Waals surface area contributed by atoms with Crippen LogP contribution in [0.1, 0.15) is 0 Å². The summed E-state index contributed by atoms with van der Waals surface area (Å²) in [4.78, 5) is 17.9. The molecule has 0 N–H and O–H groups in total. The van der Waals surface area contributed by atoms with E-state index in [9.17, 15) is 0 Å². The van der Waals surface area contributed by atoms with Crippen LogP contribution in [0, 0.1) is 0 Å². The summed E-state index contributed by atoms with van der Waals surface area (Å²) in [6.07, 6.45) is 0. The number of rotatable bonds is 0. The van der Waals surface area contributed by atoms with Gasteiger partial charge in [0.2, 0.25) is 0 Å². The largest absolute Gasteiger partial charge is 1.00 e. The third-order valence-corrected chi connectivity index (χ3v) is 0.167. The van der Waals surface area contributed by atoms with Crippen molar-refractivity contribution < 1.29 is 282 Å². The molecule has 58 valence electrons. The molecule has 12 heteroatoms. The summed E-state index contributed by atoms with van der Waals surface area (Å²) in [6, 6.07) is 0. The Morgan fingerprint density at radius 2 is 0.857 bits per heavy atom. The molecule has 0 aromatic carbocycles. The molecule has 0 heterocycles. The van der Waals surface area contributed by atoms with Crippen molar-refractivity contribution in [1.82, 2.24) is 0 Å². The Labute approximate surface area is 283 Å². The van der Waals surface area contributed by atoms with Crippen molar-refractivity contribution in [3.63, 3.8) is 0 Å². The normalized spacial score (nSPS) is 5.00. The minimum atomic E-state index is -4.08. The average Bonchev–Trinajstić information content (AvgIpc) is 1.63. The summed E-state index contributed by atoms with van der Waals surface area (Å²) in [5.74, 6) is -4.37. The summed E-state index contributed by atoms with van der Waals surface area (Å²) in [5.41, 5.74) is 0. The van der Waals surface area contributed by atoms with Crippen LogP contribution in [0.4, 0.5) is 0 Å². The molecule has 14 heavy (non-hydrogen) atoms. The van der Waals surface area contributed by atoms with Crippen LogP contribution in [0.5, 0.6) is 0 Å². The van der Waals surface area contributed by atoms with Crippen molar-refractivity contribution in [2.75, 3.05) is 0 Å². The van der Waals surface area contributed by atoms with Gasteiger partial charge >= 0.3 is 262 Å². The van der Waals surface area contributed by atoms with Gasteiger partial charge in [0, 0.05) is 0 Å². The van der Waals surface area contributed by atoms with Gasteiger partial charge in [-0.05, 0) is 0 Å². The number of carbonyl (C=O) groups excluding carboxylic acids is 2. The van der Waals surface area contributed by atoms with E-state index in [1.807, 2.05) is 0 Å². The number of carbonyl (C=O) groups is 2. The van der Waals surface area contributed by atoms with E-state index in [1.165, 1.54) is 0 Å². The van der Waals surface area contributed by atoms with Gasteiger partial charge in [-0.15, -0.1) is 0 Å². The smallest absolute Gasteiger partial charge is 1.00 e. The van der Waals surface area contributed by atoms with E-state index in [4.69, 9.17) is 30.5 Å². The monoisotopic (exact) mass is 524 g/mol. The van der Waals surface area contributed by atoms with Gasteiger partial charge in [0.15, 0.2) is 0 Å². The van der Waals surface area contributed by atoms with Gasteiger partial charge in [-0.3, -0.25) is 0 Å². The summed E-state index contributed by atoms with van der Waals surface area (Å²) >= 11 is -4.08. The van der Waals surface area contributed by atoms with Crippen LogP contribution in [-0.4, -0.2) is 11.9 Å². The molecule has 0 fully saturated rings. The quantitative estimate of drug-likeness (QED) is 0.226. The number of hydrogen-bond donors (Lipinski definition) is 0. The van der Waals surface area contributed by atoms with Gasteiger partial charge in [-0.1, -0.05) is 0 Å². The molecule has 0 aromatic heterocycles. The second kappa shape index (κ2) is 27.9. The van der Waals surface area contributed by atoms with E-state index in [0.29, 0.717) is 0 Å². The molecule has 0 radical (unpaired) electrons. The van der Waals surface area contributed by atoms with Gasteiger partial charge in [0.05, 0.1) is 11.9 Å². The Bertz CT molecular complexity index is 146. The number of aliphatic carboxylic acids is 2. The summed E-state index contributed by atoms with van der Waals surface area (Å²) in [7, 11) is 0. The van der Waals surface area contributed by atoms with Crippen molar-refractivity contribution in [1.29, 1.82) is 0 Å². The average molecular weight is 526 g/mol. The van der Waals surface area contributed by atoms with Crippen LogP contribution < -0.4 is 250 Å². The van der Waals surface area contributed by atoms with E-state index >= 15 is 0 Å². The third-order valence-electron chi connectivity index (χ3n) is 0.167. The minimum Gasteiger partial charge on any atom is 1.00 e. The molecule has 7 nitrogen and oxygen atoms in total. The molecule has 0 aromatic rings. The number of carboxylic acid groups (broad SMARTS) is 2. The molecule has 0 unspecified atom stereocenters. The minimum absolute atomic E-state index is 0. The second-order valence-corrected chi connectivity index (χ2v) is 1.61. The van der Waals surface area contributed by atoms with Gasteiger partial charge in [-0.2, -0.15) is 0 Å². The van der Waals surface area contributed by atoms with Crippen LogP contribution in [0.3, 0.4) is 0 Å². The third kappa shape index (κ3) is 51.3. The Hall–Kier alpha value is 6.60. The van der Waals surface area contributed by atoms with Crippen molar-refractivity contribution in [2.24, 2.45) is 0 Å². The Balaban J connectivity index is -0.0000000185. The van der Waals surface area contributed by atoms with Crippen LogP contribution >= 0.6 is 0 Å². The van der Waals surface area contributed by atoms with Crippen LogP contribution in [-0.2, 0) is 31.5 Å². The molecule has 0 aliphatic carbocycles. The van der Waals surface area contributed by atoms with Gasteiger partial charge in [0.25, 0.3) is 0 Å². The molecule has 0 saturated heterocycles. The Morgan fingerprint density at radius 1 is 0.786 bits per heavy atom. The van der Waals surface area contributed by atoms with Crippen LogP contribution in [0.15, 0.2) is 0 Å². The van der Waals surface area contributed by atoms with Gasteiger partial charge in [0.1, 0.15) is 0 Å². The predicted molar refractivity (Wildman–Crippen MR) is 10.7 cm³/mol. The zero-order valence-corrected chi connectivity index (χ0v) is 29.6. The number of carboxylic acids is 2. The molecule has 0 spiro atoms. The first-order valence-electron chi connectivity index (χ1n) is 1.68. The van der Waals surface area contributed by atoms with Gasteiger partial charge < -0.3 is 19.8 Å². The second-order valence-electron chi connectivity index (χ2n) is 0.825. The molecular formula is C2O7Rb4Ti. The molecule has 0 aliphatic heterocycles. The summed E-state index contributed by atoms with van der Waals surface area (Å²) in [6.45, 7) is 0. The zero-order valence-electron chi connectivity index (χ0n) is 8.36. The first-order chi connectivity index (χ1) is 4.37. The van der Waals surface area contributed by atoms with Crippen molar-refractivity contribution in [3.8, 4) is 0 Å². The molecular weight excluding hydrogens is 526 g/mol.